The van der Waals surface area contributed by atoms with Gasteiger partial charge in [-0.15, -0.1) is 0 Å². The summed E-state index contributed by atoms with van der Waals surface area (Å²) in [5.74, 6) is 0.0509. The number of nitriles is 1. The maximum atomic E-state index is 12.6. The van der Waals surface area contributed by atoms with E-state index in [2.05, 4.69) is 18.0 Å². The molecule has 1 saturated carbocycles. The van der Waals surface area contributed by atoms with Crippen molar-refractivity contribution in [3.05, 3.63) is 0 Å². The molecule has 2 fully saturated rings. The van der Waals surface area contributed by atoms with Gasteiger partial charge in [-0.3, -0.25) is 4.79 Å². The van der Waals surface area contributed by atoms with Gasteiger partial charge in [-0.1, -0.05) is 19.3 Å². The predicted molar refractivity (Wildman–Crippen MR) is 74.4 cm³/mol. The molecule has 1 saturated heterocycles. The minimum Gasteiger partial charge on any atom is -0.343 e. The second-order valence-corrected chi connectivity index (χ2v) is 6.22. The number of rotatable bonds is 3. The Morgan fingerprint density at radius 1 is 1.37 bits per heavy atom. The molecule has 1 aliphatic carbocycles. The summed E-state index contributed by atoms with van der Waals surface area (Å²) in [6, 6.07) is 2.80. The summed E-state index contributed by atoms with van der Waals surface area (Å²) in [5, 5.41) is 9.47. The standard InChI is InChI=1S/C15H25N3O/c1-17-10-6-7-13(17)11-18(2)14(19)15(12-16)8-4-3-5-9-15/h13H,3-11H2,1-2H3. The van der Waals surface area contributed by atoms with Crippen molar-refractivity contribution in [2.45, 2.75) is 51.0 Å². The molecule has 0 aromatic rings. The van der Waals surface area contributed by atoms with Crippen LogP contribution in [0, 0.1) is 16.7 Å². The number of amides is 1. The summed E-state index contributed by atoms with van der Waals surface area (Å²) in [7, 11) is 3.98. The van der Waals surface area contributed by atoms with E-state index in [1.807, 2.05) is 7.05 Å². The molecule has 19 heavy (non-hydrogen) atoms. The van der Waals surface area contributed by atoms with Gasteiger partial charge in [-0.2, -0.15) is 5.26 Å². The molecule has 1 heterocycles. The minimum absolute atomic E-state index is 0.0509. The number of nitrogens with zero attached hydrogens (tertiary/aromatic N) is 3. The highest BCUT2D eigenvalue weighted by Gasteiger charge is 2.42. The third-order valence-electron chi connectivity index (χ3n) is 4.83. The van der Waals surface area contributed by atoms with Crippen LogP contribution in [0.1, 0.15) is 44.9 Å². The Kier molecular flexibility index (Phi) is 4.46. The third kappa shape index (κ3) is 2.92. The zero-order chi connectivity index (χ0) is 13.9. The third-order valence-corrected chi connectivity index (χ3v) is 4.83. The fourth-order valence-electron chi connectivity index (χ4n) is 3.50. The monoisotopic (exact) mass is 263 g/mol. The van der Waals surface area contributed by atoms with Crippen LogP contribution in [0.4, 0.5) is 0 Å². The van der Waals surface area contributed by atoms with Crippen LogP contribution in [0.3, 0.4) is 0 Å². The average Bonchev–Trinajstić information content (AvgIpc) is 2.84. The van der Waals surface area contributed by atoms with E-state index in [0.717, 1.165) is 51.6 Å². The smallest absolute Gasteiger partial charge is 0.242 e. The van der Waals surface area contributed by atoms with Crippen molar-refractivity contribution < 1.29 is 4.79 Å². The molecule has 4 nitrogen and oxygen atoms in total. The van der Waals surface area contributed by atoms with E-state index in [0.29, 0.717) is 6.04 Å². The Labute approximate surface area is 116 Å². The van der Waals surface area contributed by atoms with Crippen LogP contribution in [0.2, 0.25) is 0 Å². The SMILES string of the molecule is CN(CC1CCCN1C)C(=O)C1(C#N)CCCCC1. The molecule has 0 spiro atoms. The number of carbonyl (C=O) groups is 1. The van der Waals surface area contributed by atoms with Crippen LogP contribution in [-0.2, 0) is 4.79 Å². The largest absolute Gasteiger partial charge is 0.343 e. The van der Waals surface area contributed by atoms with E-state index < -0.39 is 5.41 Å². The second kappa shape index (κ2) is 5.92. The summed E-state index contributed by atoms with van der Waals surface area (Å²) < 4.78 is 0. The van der Waals surface area contributed by atoms with E-state index in [1.54, 1.807) is 4.90 Å². The molecule has 1 aliphatic heterocycles. The molecule has 1 atom stereocenters. The van der Waals surface area contributed by atoms with Crippen molar-refractivity contribution in [1.29, 1.82) is 5.26 Å². The van der Waals surface area contributed by atoms with Crippen LogP contribution in [-0.4, -0.2) is 48.9 Å². The van der Waals surface area contributed by atoms with Gasteiger partial charge in [0.1, 0.15) is 5.41 Å². The first-order valence-electron chi connectivity index (χ1n) is 7.46. The van der Waals surface area contributed by atoms with Crippen molar-refractivity contribution >= 4 is 5.91 Å². The van der Waals surface area contributed by atoms with Crippen molar-refractivity contribution in [3.63, 3.8) is 0 Å². The molecule has 2 aliphatic rings. The highest BCUT2D eigenvalue weighted by molar-refractivity contribution is 5.85. The van der Waals surface area contributed by atoms with Crippen molar-refractivity contribution in [3.8, 4) is 6.07 Å². The van der Waals surface area contributed by atoms with Crippen LogP contribution in [0.15, 0.2) is 0 Å². The lowest BCUT2D eigenvalue weighted by Crippen LogP contribution is -2.47. The van der Waals surface area contributed by atoms with Gasteiger partial charge < -0.3 is 9.80 Å². The lowest BCUT2D eigenvalue weighted by atomic mass is 9.74. The van der Waals surface area contributed by atoms with E-state index in [9.17, 15) is 10.1 Å². The highest BCUT2D eigenvalue weighted by Crippen LogP contribution is 2.37. The van der Waals surface area contributed by atoms with E-state index >= 15 is 0 Å². The highest BCUT2D eigenvalue weighted by atomic mass is 16.2. The maximum absolute atomic E-state index is 12.6. The summed E-state index contributed by atoms with van der Waals surface area (Å²) in [6.45, 7) is 1.88. The molecule has 0 N–H and O–H groups in total. The average molecular weight is 263 g/mol. The fourth-order valence-corrected chi connectivity index (χ4v) is 3.50. The Morgan fingerprint density at radius 2 is 2.05 bits per heavy atom. The molecule has 106 valence electrons. The molecule has 2 rings (SSSR count). The predicted octanol–water partition coefficient (Wildman–Crippen LogP) is 2.01. The van der Waals surface area contributed by atoms with Crippen molar-refractivity contribution in [2.75, 3.05) is 27.2 Å². The van der Waals surface area contributed by atoms with Gasteiger partial charge in [0.15, 0.2) is 0 Å². The van der Waals surface area contributed by atoms with Gasteiger partial charge in [-0.05, 0) is 39.3 Å². The van der Waals surface area contributed by atoms with E-state index in [1.165, 1.54) is 6.42 Å². The summed E-state index contributed by atoms with van der Waals surface area (Å²) in [6.07, 6.45) is 7.04. The molecular weight excluding hydrogens is 238 g/mol. The summed E-state index contributed by atoms with van der Waals surface area (Å²) >= 11 is 0. The molecule has 1 unspecified atom stereocenters. The Bertz CT molecular complexity index is 368. The number of hydrogen-bond donors (Lipinski definition) is 0. The summed E-state index contributed by atoms with van der Waals surface area (Å²) in [4.78, 5) is 16.8. The Balaban J connectivity index is 1.99. The quantitative estimate of drug-likeness (QED) is 0.782. The Hall–Kier alpha value is -1.08. The lowest BCUT2D eigenvalue weighted by molar-refractivity contribution is -0.139. The zero-order valence-electron chi connectivity index (χ0n) is 12.2. The molecule has 0 aromatic heterocycles. The molecule has 0 bridgehead atoms. The second-order valence-electron chi connectivity index (χ2n) is 6.22. The zero-order valence-corrected chi connectivity index (χ0v) is 12.2. The van der Waals surface area contributed by atoms with Gasteiger partial charge in [0.05, 0.1) is 6.07 Å². The minimum atomic E-state index is -0.732. The van der Waals surface area contributed by atoms with Crippen LogP contribution < -0.4 is 0 Å². The van der Waals surface area contributed by atoms with Crippen LogP contribution in [0.25, 0.3) is 0 Å². The maximum Gasteiger partial charge on any atom is 0.242 e. The molecule has 1 amide bonds. The van der Waals surface area contributed by atoms with E-state index in [-0.39, 0.29) is 5.91 Å². The molecule has 4 heteroatoms. The Morgan fingerprint density at radius 3 is 2.58 bits per heavy atom. The first kappa shape index (κ1) is 14.3. The molecular formula is C15H25N3O. The number of likely N-dealkylation sites (N-methyl/N-ethyl adjacent to an activating group) is 2. The van der Waals surface area contributed by atoms with Gasteiger partial charge >= 0.3 is 0 Å². The van der Waals surface area contributed by atoms with Crippen LogP contribution >= 0.6 is 0 Å². The van der Waals surface area contributed by atoms with Gasteiger partial charge in [-0.25, -0.2) is 0 Å². The topological polar surface area (TPSA) is 47.3 Å². The number of likely N-dealkylation sites (tertiary alicyclic amines) is 1. The van der Waals surface area contributed by atoms with Crippen molar-refractivity contribution in [1.82, 2.24) is 9.80 Å². The molecule has 0 aromatic carbocycles. The van der Waals surface area contributed by atoms with E-state index in [4.69, 9.17) is 0 Å². The molecule has 0 radical (unpaired) electrons. The van der Waals surface area contributed by atoms with Crippen LogP contribution in [0.5, 0.6) is 0 Å². The number of hydrogen-bond acceptors (Lipinski definition) is 3. The normalized spacial score (nSPS) is 26.9. The van der Waals surface area contributed by atoms with Gasteiger partial charge in [0, 0.05) is 19.6 Å². The summed E-state index contributed by atoms with van der Waals surface area (Å²) in [5.41, 5.74) is -0.732. The lowest BCUT2D eigenvalue weighted by Gasteiger charge is -2.35. The fraction of sp³-hybridized carbons (Fsp3) is 0.867. The van der Waals surface area contributed by atoms with Gasteiger partial charge in [0.2, 0.25) is 5.91 Å². The number of carbonyl (C=O) groups excluding carboxylic acids is 1. The van der Waals surface area contributed by atoms with Crippen molar-refractivity contribution in [2.24, 2.45) is 5.41 Å². The first-order valence-corrected chi connectivity index (χ1v) is 7.46. The first-order chi connectivity index (χ1) is 9.09. The van der Waals surface area contributed by atoms with Gasteiger partial charge in [0.25, 0.3) is 0 Å².